The van der Waals surface area contributed by atoms with Crippen LogP contribution in [0.25, 0.3) is 0 Å². The van der Waals surface area contributed by atoms with E-state index >= 15 is 0 Å². The maximum atomic E-state index is 12.3. The van der Waals surface area contributed by atoms with Gasteiger partial charge in [0.15, 0.2) is 0 Å². The van der Waals surface area contributed by atoms with Crippen molar-refractivity contribution in [1.82, 2.24) is 10.2 Å². The summed E-state index contributed by atoms with van der Waals surface area (Å²) in [5.74, 6) is 0.292. The van der Waals surface area contributed by atoms with Gasteiger partial charge in [-0.25, -0.2) is 0 Å². The summed E-state index contributed by atoms with van der Waals surface area (Å²) in [6.45, 7) is 2.67. The molecule has 1 fully saturated rings. The molecule has 1 atom stereocenters. The molecule has 1 saturated heterocycles. The molecule has 1 unspecified atom stereocenters. The van der Waals surface area contributed by atoms with E-state index < -0.39 is 0 Å². The fourth-order valence-corrected chi connectivity index (χ4v) is 3.56. The van der Waals surface area contributed by atoms with Gasteiger partial charge in [0, 0.05) is 30.0 Å². The second-order valence-electron chi connectivity index (χ2n) is 5.44. The van der Waals surface area contributed by atoms with Crippen LogP contribution in [0, 0.1) is 0 Å². The van der Waals surface area contributed by atoms with E-state index in [9.17, 15) is 4.79 Å². The Balaban J connectivity index is 0.00000147. The van der Waals surface area contributed by atoms with Crippen LogP contribution in [-0.4, -0.2) is 29.9 Å². The fourth-order valence-electron chi connectivity index (χ4n) is 3.02. The first kappa shape index (κ1) is 15.8. The van der Waals surface area contributed by atoms with Gasteiger partial charge in [0.1, 0.15) is 0 Å². The highest BCUT2D eigenvalue weighted by Gasteiger charge is 2.25. The third-order valence-electron chi connectivity index (χ3n) is 4.15. The first-order valence-electron chi connectivity index (χ1n) is 7.01. The molecule has 110 valence electrons. The highest BCUT2D eigenvalue weighted by atomic mass is 79.9. The Morgan fingerprint density at radius 2 is 2.30 bits per heavy atom. The van der Waals surface area contributed by atoms with Crippen LogP contribution in [0.1, 0.15) is 30.4 Å². The Morgan fingerprint density at radius 3 is 3.05 bits per heavy atom. The van der Waals surface area contributed by atoms with Crippen molar-refractivity contribution in [1.29, 1.82) is 0 Å². The summed E-state index contributed by atoms with van der Waals surface area (Å²) in [6.07, 6.45) is 3.96. The number of amides is 1. The first-order chi connectivity index (χ1) is 9.24. The second kappa shape index (κ2) is 6.92. The summed E-state index contributed by atoms with van der Waals surface area (Å²) in [6, 6.07) is 6.70. The van der Waals surface area contributed by atoms with Crippen molar-refractivity contribution < 1.29 is 4.79 Å². The van der Waals surface area contributed by atoms with Crippen molar-refractivity contribution in [2.75, 3.05) is 13.1 Å². The van der Waals surface area contributed by atoms with Gasteiger partial charge in [0.25, 0.3) is 0 Å². The minimum absolute atomic E-state index is 0. The molecule has 3 rings (SSSR count). The second-order valence-corrected chi connectivity index (χ2v) is 6.29. The van der Waals surface area contributed by atoms with Crippen molar-refractivity contribution >= 4 is 34.2 Å². The third-order valence-corrected chi connectivity index (χ3v) is 4.89. The van der Waals surface area contributed by atoms with Gasteiger partial charge in [0.05, 0.1) is 0 Å². The molecule has 1 N–H and O–H groups in total. The molecule has 2 aliphatic rings. The molecule has 0 saturated carbocycles. The maximum absolute atomic E-state index is 12.3. The zero-order valence-electron chi connectivity index (χ0n) is 11.4. The van der Waals surface area contributed by atoms with Crippen LogP contribution < -0.4 is 5.32 Å². The number of halogens is 2. The fraction of sp³-hybridized carbons (Fsp3) is 0.533. The lowest BCUT2D eigenvalue weighted by molar-refractivity contribution is -0.132. The number of nitrogens with one attached hydrogen (secondary N) is 1. The third kappa shape index (κ3) is 3.35. The number of nitrogens with zero attached hydrogens (tertiary/aromatic N) is 1. The lowest BCUT2D eigenvalue weighted by Gasteiger charge is -2.30. The summed E-state index contributed by atoms with van der Waals surface area (Å²) in [5.41, 5.74) is 2.65. The molecule has 5 heteroatoms. The molecule has 0 aromatic heterocycles. The van der Waals surface area contributed by atoms with Crippen LogP contribution in [0.15, 0.2) is 22.7 Å². The summed E-state index contributed by atoms with van der Waals surface area (Å²) >= 11 is 3.60. The van der Waals surface area contributed by atoms with Crippen LogP contribution in [0.5, 0.6) is 0 Å². The van der Waals surface area contributed by atoms with Crippen LogP contribution in [-0.2, 0) is 17.8 Å². The molecule has 0 radical (unpaired) electrons. The van der Waals surface area contributed by atoms with E-state index in [1.807, 2.05) is 4.90 Å². The van der Waals surface area contributed by atoms with Gasteiger partial charge in [-0.15, -0.1) is 12.4 Å². The van der Waals surface area contributed by atoms with E-state index in [1.165, 1.54) is 17.5 Å². The minimum Gasteiger partial charge on any atom is -0.338 e. The Kier molecular flexibility index (Phi) is 5.47. The van der Waals surface area contributed by atoms with Crippen LogP contribution in [0.2, 0.25) is 0 Å². The van der Waals surface area contributed by atoms with Gasteiger partial charge in [-0.3, -0.25) is 4.79 Å². The standard InChI is InChI=1S/C15H19BrN2O.ClH/c16-14-5-1-3-11-6-8-18(10-13(11)14)15(19)9-12-4-2-7-17-12;/h1,3,5,12,17H,2,4,6-10H2;1H. The van der Waals surface area contributed by atoms with E-state index in [-0.39, 0.29) is 12.4 Å². The largest absolute Gasteiger partial charge is 0.338 e. The molecule has 0 bridgehead atoms. The smallest absolute Gasteiger partial charge is 0.224 e. The SMILES string of the molecule is Cl.O=C(CC1CCCN1)N1CCc2cccc(Br)c2C1. The van der Waals surface area contributed by atoms with Crippen LogP contribution in [0.3, 0.4) is 0 Å². The van der Waals surface area contributed by atoms with Gasteiger partial charge in [0.2, 0.25) is 5.91 Å². The van der Waals surface area contributed by atoms with Crippen molar-refractivity contribution in [2.24, 2.45) is 0 Å². The number of carbonyl (C=O) groups is 1. The molecular weight excluding hydrogens is 340 g/mol. The monoisotopic (exact) mass is 358 g/mol. The molecule has 20 heavy (non-hydrogen) atoms. The minimum atomic E-state index is 0. The number of rotatable bonds is 2. The topological polar surface area (TPSA) is 32.3 Å². The summed E-state index contributed by atoms with van der Waals surface area (Å²) < 4.78 is 1.13. The van der Waals surface area contributed by atoms with E-state index in [2.05, 4.69) is 39.4 Å². The number of carbonyl (C=O) groups excluding carboxylic acids is 1. The zero-order chi connectivity index (χ0) is 13.2. The van der Waals surface area contributed by atoms with Crippen LogP contribution >= 0.6 is 28.3 Å². The number of hydrogen-bond acceptors (Lipinski definition) is 2. The van der Waals surface area contributed by atoms with Crippen molar-refractivity contribution in [3.05, 3.63) is 33.8 Å². The lowest BCUT2D eigenvalue weighted by atomic mass is 9.99. The van der Waals surface area contributed by atoms with Crippen molar-refractivity contribution in [2.45, 2.75) is 38.3 Å². The summed E-state index contributed by atoms with van der Waals surface area (Å²) in [5, 5.41) is 3.40. The molecule has 0 spiro atoms. The van der Waals surface area contributed by atoms with E-state index in [1.54, 1.807) is 0 Å². The highest BCUT2D eigenvalue weighted by molar-refractivity contribution is 9.10. The predicted octanol–water partition coefficient (Wildman–Crippen LogP) is 2.90. The Hall–Kier alpha value is -0.580. The van der Waals surface area contributed by atoms with Gasteiger partial charge in [-0.05, 0) is 43.0 Å². The van der Waals surface area contributed by atoms with Crippen molar-refractivity contribution in [3.8, 4) is 0 Å². The summed E-state index contributed by atoms with van der Waals surface area (Å²) in [4.78, 5) is 14.4. The van der Waals surface area contributed by atoms with Gasteiger partial charge in [-0.1, -0.05) is 28.1 Å². The van der Waals surface area contributed by atoms with E-state index in [4.69, 9.17) is 0 Å². The molecule has 0 aliphatic carbocycles. The first-order valence-corrected chi connectivity index (χ1v) is 7.81. The van der Waals surface area contributed by atoms with Crippen molar-refractivity contribution in [3.63, 3.8) is 0 Å². The quantitative estimate of drug-likeness (QED) is 0.880. The van der Waals surface area contributed by atoms with Crippen LogP contribution in [0.4, 0.5) is 0 Å². The summed E-state index contributed by atoms with van der Waals surface area (Å²) in [7, 11) is 0. The predicted molar refractivity (Wildman–Crippen MR) is 86.2 cm³/mol. The average Bonchev–Trinajstić information content (AvgIpc) is 2.92. The molecule has 2 aliphatic heterocycles. The molecule has 2 heterocycles. The maximum Gasteiger partial charge on any atom is 0.224 e. The van der Waals surface area contributed by atoms with E-state index in [0.29, 0.717) is 18.4 Å². The molecule has 1 aromatic carbocycles. The average molecular weight is 360 g/mol. The molecule has 1 aromatic rings. The number of fused-ring (bicyclic) bond motifs is 1. The Morgan fingerprint density at radius 1 is 1.45 bits per heavy atom. The normalized spacial score (nSPS) is 21.2. The number of benzene rings is 1. The molecule has 3 nitrogen and oxygen atoms in total. The van der Waals surface area contributed by atoms with E-state index in [0.717, 1.165) is 36.9 Å². The zero-order valence-corrected chi connectivity index (χ0v) is 13.8. The number of hydrogen-bond donors (Lipinski definition) is 1. The highest BCUT2D eigenvalue weighted by Crippen LogP contribution is 2.27. The molecule has 1 amide bonds. The van der Waals surface area contributed by atoms with Gasteiger partial charge in [-0.2, -0.15) is 0 Å². The Bertz CT molecular complexity index is 489. The van der Waals surface area contributed by atoms with Gasteiger partial charge < -0.3 is 10.2 Å². The Labute approximate surface area is 134 Å². The molecular formula is C15H20BrClN2O. The van der Waals surface area contributed by atoms with Gasteiger partial charge >= 0.3 is 0 Å². The lowest BCUT2D eigenvalue weighted by Crippen LogP contribution is -2.39.